The maximum absolute atomic E-state index is 12.5. The fraction of sp³-hybridized carbons (Fsp3) is 0.423. The average Bonchev–Trinajstić information content (AvgIpc) is 3.10. The number of carboxylic acid groups (broad SMARTS) is 1. The SMILES string of the molecule is CC(C)C(CNC(=O)C(C)C(C)NC(=O)OCC1c2ccccc2-c2ccccc21)C(=O)O. The Kier molecular flexibility index (Phi) is 7.74. The fourth-order valence-electron chi connectivity index (χ4n) is 4.16. The second-order valence-corrected chi connectivity index (χ2v) is 8.98. The van der Waals surface area contributed by atoms with Gasteiger partial charge in [0, 0.05) is 18.5 Å². The molecule has 0 aromatic heterocycles. The van der Waals surface area contributed by atoms with E-state index in [-0.39, 0.29) is 30.9 Å². The molecule has 33 heavy (non-hydrogen) atoms. The predicted molar refractivity (Wildman–Crippen MR) is 126 cm³/mol. The molecule has 0 bridgehead atoms. The summed E-state index contributed by atoms with van der Waals surface area (Å²) in [4.78, 5) is 36.2. The second kappa shape index (κ2) is 10.5. The molecule has 3 unspecified atom stereocenters. The number of carbonyl (C=O) groups excluding carboxylic acids is 2. The van der Waals surface area contributed by atoms with E-state index in [1.54, 1.807) is 27.7 Å². The number of hydrogen-bond donors (Lipinski definition) is 3. The molecule has 7 nitrogen and oxygen atoms in total. The summed E-state index contributed by atoms with van der Waals surface area (Å²) < 4.78 is 5.54. The summed E-state index contributed by atoms with van der Waals surface area (Å²) in [5.74, 6) is -2.60. The van der Waals surface area contributed by atoms with Gasteiger partial charge < -0.3 is 20.5 Å². The van der Waals surface area contributed by atoms with Gasteiger partial charge in [-0.25, -0.2) is 4.79 Å². The Labute approximate surface area is 194 Å². The number of carbonyl (C=O) groups is 3. The number of fused-ring (bicyclic) bond motifs is 3. The lowest BCUT2D eigenvalue weighted by atomic mass is 9.95. The highest BCUT2D eigenvalue weighted by atomic mass is 16.5. The quantitative estimate of drug-likeness (QED) is 0.533. The maximum atomic E-state index is 12.5. The molecule has 0 aliphatic heterocycles. The summed E-state index contributed by atoms with van der Waals surface area (Å²) in [6.45, 7) is 7.26. The van der Waals surface area contributed by atoms with Crippen molar-refractivity contribution in [2.45, 2.75) is 39.7 Å². The number of amides is 2. The Hall–Kier alpha value is -3.35. The van der Waals surface area contributed by atoms with E-state index < -0.39 is 29.9 Å². The number of hydrogen-bond acceptors (Lipinski definition) is 4. The molecule has 0 radical (unpaired) electrons. The monoisotopic (exact) mass is 452 g/mol. The summed E-state index contributed by atoms with van der Waals surface area (Å²) >= 11 is 0. The molecule has 2 aromatic rings. The molecule has 2 amide bonds. The van der Waals surface area contributed by atoms with Crippen molar-refractivity contribution in [1.29, 1.82) is 0 Å². The minimum Gasteiger partial charge on any atom is -0.481 e. The van der Waals surface area contributed by atoms with Crippen LogP contribution in [0.2, 0.25) is 0 Å². The first kappa shape index (κ1) is 24.3. The maximum Gasteiger partial charge on any atom is 0.407 e. The van der Waals surface area contributed by atoms with Gasteiger partial charge in [-0.05, 0) is 35.1 Å². The Bertz CT molecular complexity index is 974. The molecule has 1 aliphatic carbocycles. The van der Waals surface area contributed by atoms with E-state index in [1.807, 2.05) is 24.3 Å². The third-order valence-electron chi connectivity index (χ3n) is 6.47. The van der Waals surface area contributed by atoms with Crippen LogP contribution in [0.4, 0.5) is 4.79 Å². The van der Waals surface area contributed by atoms with E-state index in [4.69, 9.17) is 4.74 Å². The Morgan fingerprint density at radius 2 is 1.48 bits per heavy atom. The number of aliphatic carboxylic acids is 1. The number of nitrogens with one attached hydrogen (secondary N) is 2. The van der Waals surface area contributed by atoms with Crippen LogP contribution >= 0.6 is 0 Å². The standard InChI is InChI=1S/C26H32N2O5/c1-15(2)22(25(30)31)13-27-24(29)16(3)17(4)28-26(32)33-14-23-20-11-7-5-9-18(20)19-10-6-8-12-21(19)23/h5-12,15-17,22-23H,13-14H2,1-4H3,(H,27,29)(H,28,32)(H,30,31). The van der Waals surface area contributed by atoms with Gasteiger partial charge in [-0.1, -0.05) is 69.3 Å². The van der Waals surface area contributed by atoms with Gasteiger partial charge in [0.2, 0.25) is 5.91 Å². The minimum atomic E-state index is -0.942. The van der Waals surface area contributed by atoms with Crippen molar-refractivity contribution >= 4 is 18.0 Å². The van der Waals surface area contributed by atoms with Crippen LogP contribution in [-0.2, 0) is 14.3 Å². The molecule has 3 rings (SSSR count). The van der Waals surface area contributed by atoms with Crippen molar-refractivity contribution in [3.63, 3.8) is 0 Å². The minimum absolute atomic E-state index is 0.0387. The molecule has 176 valence electrons. The van der Waals surface area contributed by atoms with Crippen LogP contribution in [0.15, 0.2) is 48.5 Å². The molecule has 7 heteroatoms. The molecule has 0 spiro atoms. The molecule has 1 aliphatic rings. The van der Waals surface area contributed by atoms with E-state index in [0.717, 1.165) is 22.3 Å². The van der Waals surface area contributed by atoms with E-state index in [1.165, 1.54) is 0 Å². The summed E-state index contributed by atoms with van der Waals surface area (Å²) in [6, 6.07) is 15.7. The Balaban J connectivity index is 1.53. The van der Waals surface area contributed by atoms with Crippen LogP contribution in [0.5, 0.6) is 0 Å². The first-order chi connectivity index (χ1) is 15.7. The third kappa shape index (κ3) is 5.53. The van der Waals surface area contributed by atoms with Crippen LogP contribution in [0.3, 0.4) is 0 Å². The Morgan fingerprint density at radius 3 is 2.00 bits per heavy atom. The van der Waals surface area contributed by atoms with E-state index in [9.17, 15) is 19.5 Å². The van der Waals surface area contributed by atoms with Crippen LogP contribution in [0.1, 0.15) is 44.7 Å². The lowest BCUT2D eigenvalue weighted by Crippen LogP contribution is -2.46. The van der Waals surface area contributed by atoms with Gasteiger partial charge in [-0.2, -0.15) is 0 Å². The summed E-state index contributed by atoms with van der Waals surface area (Å²) in [5.41, 5.74) is 4.57. The van der Waals surface area contributed by atoms with Gasteiger partial charge in [0.1, 0.15) is 6.61 Å². The lowest BCUT2D eigenvalue weighted by molar-refractivity contribution is -0.143. The van der Waals surface area contributed by atoms with Gasteiger partial charge in [-0.3, -0.25) is 9.59 Å². The molecular formula is C26H32N2O5. The van der Waals surface area contributed by atoms with Gasteiger partial charge >= 0.3 is 12.1 Å². The van der Waals surface area contributed by atoms with Gasteiger partial charge in [0.25, 0.3) is 0 Å². The summed E-state index contributed by atoms with van der Waals surface area (Å²) in [7, 11) is 0. The number of rotatable bonds is 9. The third-order valence-corrected chi connectivity index (χ3v) is 6.47. The highest BCUT2D eigenvalue weighted by Crippen LogP contribution is 2.44. The molecule has 0 saturated carbocycles. The van der Waals surface area contributed by atoms with Crippen molar-refractivity contribution in [3.05, 3.63) is 59.7 Å². The van der Waals surface area contributed by atoms with Crippen molar-refractivity contribution in [2.75, 3.05) is 13.2 Å². The second-order valence-electron chi connectivity index (χ2n) is 8.98. The largest absolute Gasteiger partial charge is 0.481 e. The highest BCUT2D eigenvalue weighted by molar-refractivity contribution is 5.81. The highest BCUT2D eigenvalue weighted by Gasteiger charge is 2.30. The van der Waals surface area contributed by atoms with Gasteiger partial charge in [0.05, 0.1) is 11.8 Å². The number of benzene rings is 2. The topological polar surface area (TPSA) is 105 Å². The van der Waals surface area contributed by atoms with Crippen LogP contribution in [-0.4, -0.2) is 42.3 Å². The van der Waals surface area contributed by atoms with Crippen molar-refractivity contribution in [2.24, 2.45) is 17.8 Å². The van der Waals surface area contributed by atoms with E-state index in [2.05, 4.69) is 34.9 Å². The zero-order valence-corrected chi connectivity index (χ0v) is 19.5. The lowest BCUT2D eigenvalue weighted by Gasteiger charge is -2.23. The van der Waals surface area contributed by atoms with Crippen LogP contribution < -0.4 is 10.6 Å². The molecule has 0 saturated heterocycles. The van der Waals surface area contributed by atoms with Crippen molar-refractivity contribution in [3.8, 4) is 11.1 Å². The molecule has 3 N–H and O–H groups in total. The normalized spacial score (nSPS) is 15.2. The zero-order valence-electron chi connectivity index (χ0n) is 19.5. The molecule has 2 aromatic carbocycles. The first-order valence-electron chi connectivity index (χ1n) is 11.3. The number of ether oxygens (including phenoxy) is 1. The zero-order chi connectivity index (χ0) is 24.1. The van der Waals surface area contributed by atoms with E-state index >= 15 is 0 Å². The average molecular weight is 453 g/mol. The number of alkyl carbamates (subject to hydrolysis) is 1. The predicted octanol–water partition coefficient (Wildman–Crippen LogP) is 4.02. The van der Waals surface area contributed by atoms with Crippen molar-refractivity contribution < 1.29 is 24.2 Å². The van der Waals surface area contributed by atoms with Crippen LogP contribution in [0.25, 0.3) is 11.1 Å². The molecule has 0 heterocycles. The molecule has 0 fully saturated rings. The summed E-state index contributed by atoms with van der Waals surface area (Å²) in [5, 5.41) is 14.7. The smallest absolute Gasteiger partial charge is 0.407 e. The summed E-state index contributed by atoms with van der Waals surface area (Å²) in [6.07, 6.45) is -0.588. The molecule has 3 atom stereocenters. The first-order valence-corrected chi connectivity index (χ1v) is 11.3. The van der Waals surface area contributed by atoms with Crippen LogP contribution in [0, 0.1) is 17.8 Å². The van der Waals surface area contributed by atoms with E-state index in [0.29, 0.717) is 0 Å². The molecular weight excluding hydrogens is 420 g/mol. The van der Waals surface area contributed by atoms with Gasteiger partial charge in [-0.15, -0.1) is 0 Å². The number of carboxylic acids is 1. The van der Waals surface area contributed by atoms with Crippen molar-refractivity contribution in [1.82, 2.24) is 10.6 Å². The Morgan fingerprint density at radius 1 is 0.939 bits per heavy atom. The fourth-order valence-corrected chi connectivity index (χ4v) is 4.16. The van der Waals surface area contributed by atoms with Gasteiger partial charge in [0.15, 0.2) is 0 Å².